The van der Waals surface area contributed by atoms with Crippen LogP contribution in [-0.2, 0) is 4.79 Å². The number of anilines is 1. The van der Waals surface area contributed by atoms with E-state index in [1.807, 2.05) is 23.1 Å². The van der Waals surface area contributed by atoms with Crippen molar-refractivity contribution >= 4 is 17.5 Å². The molecule has 0 radical (unpaired) electrons. The maximum absolute atomic E-state index is 12.9. The number of rotatable bonds is 2. The zero-order chi connectivity index (χ0) is 17.9. The molecule has 0 aliphatic carbocycles. The molecule has 0 unspecified atom stereocenters. The molecular formula is C20H29N3O2. The van der Waals surface area contributed by atoms with Crippen LogP contribution in [0.15, 0.2) is 24.3 Å². The van der Waals surface area contributed by atoms with E-state index in [-0.39, 0.29) is 11.8 Å². The predicted molar refractivity (Wildman–Crippen MR) is 99.7 cm³/mol. The summed E-state index contributed by atoms with van der Waals surface area (Å²) in [5, 5.41) is 2.75. The fraction of sp³-hybridized carbons (Fsp3) is 0.600. The highest BCUT2D eigenvalue weighted by Gasteiger charge is 2.36. The zero-order valence-electron chi connectivity index (χ0n) is 15.4. The van der Waals surface area contributed by atoms with Gasteiger partial charge in [-0.15, -0.1) is 0 Å². The van der Waals surface area contributed by atoms with E-state index in [1.165, 1.54) is 39.3 Å². The number of hydrogen-bond donors (Lipinski definition) is 1. The number of amides is 2. The molecule has 0 atom stereocenters. The van der Waals surface area contributed by atoms with Gasteiger partial charge in [0.05, 0.1) is 0 Å². The third-order valence-corrected chi connectivity index (χ3v) is 5.81. The second-order valence-electron chi connectivity index (χ2n) is 7.71. The number of likely N-dealkylation sites (tertiary alicyclic amines) is 2. The first kappa shape index (κ1) is 17.9. The van der Waals surface area contributed by atoms with Gasteiger partial charge < -0.3 is 15.1 Å². The summed E-state index contributed by atoms with van der Waals surface area (Å²) in [5.74, 6) is -0.0410. The molecule has 136 valence electrons. The van der Waals surface area contributed by atoms with E-state index in [9.17, 15) is 9.59 Å². The minimum atomic E-state index is -0.122. The summed E-state index contributed by atoms with van der Waals surface area (Å²) in [4.78, 5) is 28.6. The van der Waals surface area contributed by atoms with Gasteiger partial charge >= 0.3 is 0 Å². The highest BCUT2D eigenvalue weighted by molar-refractivity contribution is 5.96. The van der Waals surface area contributed by atoms with Crippen molar-refractivity contribution < 1.29 is 9.59 Å². The molecule has 2 fully saturated rings. The number of hydrogen-bond acceptors (Lipinski definition) is 3. The van der Waals surface area contributed by atoms with Crippen LogP contribution in [0.2, 0.25) is 0 Å². The zero-order valence-corrected chi connectivity index (χ0v) is 15.4. The largest absolute Gasteiger partial charge is 0.339 e. The van der Waals surface area contributed by atoms with Crippen molar-refractivity contribution in [2.75, 3.05) is 38.5 Å². The first-order valence-corrected chi connectivity index (χ1v) is 9.33. The minimum absolute atomic E-state index is 0.0807. The van der Waals surface area contributed by atoms with Crippen molar-refractivity contribution in [3.8, 4) is 0 Å². The van der Waals surface area contributed by atoms with Crippen LogP contribution in [0.1, 0.15) is 49.4 Å². The summed E-state index contributed by atoms with van der Waals surface area (Å²) >= 11 is 0. The molecule has 1 aromatic carbocycles. The van der Waals surface area contributed by atoms with Gasteiger partial charge in [-0.2, -0.15) is 0 Å². The highest BCUT2D eigenvalue weighted by atomic mass is 16.2. The number of piperidine rings is 1. The molecule has 2 heterocycles. The van der Waals surface area contributed by atoms with Crippen molar-refractivity contribution in [2.24, 2.45) is 5.41 Å². The maximum atomic E-state index is 12.9. The smallest absolute Gasteiger partial charge is 0.253 e. The molecule has 0 bridgehead atoms. The van der Waals surface area contributed by atoms with E-state index in [1.54, 1.807) is 6.07 Å². The van der Waals surface area contributed by atoms with Gasteiger partial charge in [-0.05, 0) is 75.9 Å². The number of carbonyl (C=O) groups excluding carboxylic acids is 2. The fourth-order valence-corrected chi connectivity index (χ4v) is 4.17. The Morgan fingerprint density at radius 3 is 2.48 bits per heavy atom. The molecule has 5 heteroatoms. The molecule has 2 aliphatic rings. The maximum Gasteiger partial charge on any atom is 0.253 e. The SMILES string of the molecule is CC(=O)Nc1cccc(C(=O)N2CCCC3(CCN(C)CC3)CC2)c1. The molecule has 2 aliphatic heterocycles. The van der Waals surface area contributed by atoms with Crippen molar-refractivity contribution in [2.45, 2.75) is 39.0 Å². The van der Waals surface area contributed by atoms with Crippen LogP contribution in [0, 0.1) is 5.41 Å². The highest BCUT2D eigenvalue weighted by Crippen LogP contribution is 2.41. The van der Waals surface area contributed by atoms with Crippen LogP contribution in [-0.4, -0.2) is 54.8 Å². The topological polar surface area (TPSA) is 52.7 Å². The lowest BCUT2D eigenvalue weighted by molar-refractivity contribution is -0.114. The third-order valence-electron chi connectivity index (χ3n) is 5.81. The van der Waals surface area contributed by atoms with Crippen LogP contribution >= 0.6 is 0 Å². The summed E-state index contributed by atoms with van der Waals surface area (Å²) in [6, 6.07) is 7.26. The molecule has 2 saturated heterocycles. The fourth-order valence-electron chi connectivity index (χ4n) is 4.17. The van der Waals surface area contributed by atoms with Crippen LogP contribution < -0.4 is 5.32 Å². The van der Waals surface area contributed by atoms with E-state index < -0.39 is 0 Å². The van der Waals surface area contributed by atoms with Crippen LogP contribution in [0.25, 0.3) is 0 Å². The molecule has 0 aromatic heterocycles. The lowest BCUT2D eigenvalue weighted by Crippen LogP contribution is -2.39. The lowest BCUT2D eigenvalue weighted by Gasteiger charge is -2.40. The van der Waals surface area contributed by atoms with Gasteiger partial charge in [-0.1, -0.05) is 6.07 Å². The lowest BCUT2D eigenvalue weighted by atomic mass is 9.73. The summed E-state index contributed by atoms with van der Waals surface area (Å²) in [7, 11) is 2.20. The van der Waals surface area contributed by atoms with Crippen LogP contribution in [0.5, 0.6) is 0 Å². The van der Waals surface area contributed by atoms with Crippen molar-refractivity contribution in [1.82, 2.24) is 9.80 Å². The Morgan fingerprint density at radius 2 is 1.76 bits per heavy atom. The second kappa shape index (κ2) is 7.56. The summed E-state index contributed by atoms with van der Waals surface area (Å²) in [6.07, 6.45) is 5.93. The van der Waals surface area contributed by atoms with Gasteiger partial charge in [-0.3, -0.25) is 9.59 Å². The quantitative estimate of drug-likeness (QED) is 0.898. The molecule has 1 N–H and O–H groups in total. The Kier molecular flexibility index (Phi) is 5.42. The summed E-state index contributed by atoms with van der Waals surface area (Å²) in [5.41, 5.74) is 1.77. The monoisotopic (exact) mass is 343 g/mol. The Labute approximate surface area is 150 Å². The van der Waals surface area contributed by atoms with Gasteiger partial charge in [0.1, 0.15) is 0 Å². The molecule has 25 heavy (non-hydrogen) atoms. The molecule has 1 aromatic rings. The Hall–Kier alpha value is -1.88. The first-order valence-electron chi connectivity index (χ1n) is 9.33. The first-order chi connectivity index (χ1) is 12.0. The average molecular weight is 343 g/mol. The Morgan fingerprint density at radius 1 is 1.04 bits per heavy atom. The third kappa shape index (κ3) is 4.40. The number of carbonyl (C=O) groups is 2. The molecule has 0 saturated carbocycles. The van der Waals surface area contributed by atoms with Gasteiger partial charge in [0, 0.05) is 31.3 Å². The van der Waals surface area contributed by atoms with E-state index >= 15 is 0 Å². The van der Waals surface area contributed by atoms with Crippen molar-refractivity contribution in [3.63, 3.8) is 0 Å². The molecular weight excluding hydrogens is 314 g/mol. The van der Waals surface area contributed by atoms with E-state index in [4.69, 9.17) is 0 Å². The number of nitrogens with one attached hydrogen (secondary N) is 1. The summed E-state index contributed by atoms with van der Waals surface area (Å²) < 4.78 is 0. The van der Waals surface area contributed by atoms with Gasteiger partial charge in [-0.25, -0.2) is 0 Å². The van der Waals surface area contributed by atoms with Crippen molar-refractivity contribution in [1.29, 1.82) is 0 Å². The van der Waals surface area contributed by atoms with Gasteiger partial charge in [0.25, 0.3) is 5.91 Å². The summed E-state index contributed by atoms with van der Waals surface area (Å²) in [6.45, 7) is 5.50. The number of benzene rings is 1. The number of nitrogens with zero attached hydrogens (tertiary/aromatic N) is 2. The normalized spacial score (nSPS) is 21.0. The molecule has 5 nitrogen and oxygen atoms in total. The second-order valence-corrected chi connectivity index (χ2v) is 7.71. The molecule has 2 amide bonds. The van der Waals surface area contributed by atoms with Crippen LogP contribution in [0.3, 0.4) is 0 Å². The van der Waals surface area contributed by atoms with Gasteiger partial charge in [0.2, 0.25) is 5.91 Å². The standard InChI is InChI=1S/C20H29N3O2/c1-16(24)21-18-6-3-5-17(15-18)19(25)23-11-4-7-20(10-14-23)8-12-22(2)13-9-20/h3,5-6,15H,4,7-14H2,1-2H3,(H,21,24). The van der Waals surface area contributed by atoms with E-state index in [2.05, 4.69) is 17.3 Å². The van der Waals surface area contributed by atoms with Crippen molar-refractivity contribution in [3.05, 3.63) is 29.8 Å². The Balaban J connectivity index is 1.66. The van der Waals surface area contributed by atoms with E-state index in [0.717, 1.165) is 25.9 Å². The molecule has 3 rings (SSSR count). The minimum Gasteiger partial charge on any atom is -0.339 e. The van der Waals surface area contributed by atoms with E-state index in [0.29, 0.717) is 16.7 Å². The average Bonchev–Trinajstić information content (AvgIpc) is 2.80. The predicted octanol–water partition coefficient (Wildman–Crippen LogP) is 2.98. The molecule has 1 spiro atoms. The Bertz CT molecular complexity index is 636. The van der Waals surface area contributed by atoms with Crippen LogP contribution in [0.4, 0.5) is 5.69 Å². The van der Waals surface area contributed by atoms with Gasteiger partial charge in [0.15, 0.2) is 0 Å².